The van der Waals surface area contributed by atoms with E-state index in [2.05, 4.69) is 0 Å². The quantitative estimate of drug-likeness (QED) is 0.0918. The molecular weight excluding hydrogens is 398 g/mol. The number of hydrogen-bond acceptors (Lipinski definition) is 12. The fourth-order valence-electron chi connectivity index (χ4n) is 3.34. The lowest BCUT2D eigenvalue weighted by Gasteiger charge is -2.56. The molecule has 0 aromatic carbocycles. The molecule has 0 heterocycles. The van der Waals surface area contributed by atoms with E-state index in [-0.39, 0.29) is 19.5 Å². The molecule has 13 heteroatoms. The van der Waals surface area contributed by atoms with Crippen LogP contribution in [0.1, 0.15) is 13.8 Å². The van der Waals surface area contributed by atoms with Gasteiger partial charge in [-0.25, -0.2) is 5.11 Å². The first kappa shape index (κ1) is 30.4. The number of carbonyl (C=O) groups excluding carboxylic acids is 1. The van der Waals surface area contributed by atoms with Gasteiger partial charge in [0.1, 0.15) is 24.0 Å². The molecule has 0 rings (SSSR count). The highest BCUT2D eigenvalue weighted by Gasteiger charge is 2.68. The van der Waals surface area contributed by atoms with Gasteiger partial charge in [-0.2, -0.15) is 5.48 Å². The summed E-state index contributed by atoms with van der Waals surface area (Å²) in [6.45, 7) is -1.72. The minimum atomic E-state index is -2.83. The highest BCUT2D eigenvalue weighted by molar-refractivity contribution is 5.68. The van der Waals surface area contributed by atoms with Crippen LogP contribution in [0.5, 0.6) is 0 Å². The molecule has 13 nitrogen and oxygen atoms in total. The van der Waals surface area contributed by atoms with Gasteiger partial charge >= 0.3 is 0 Å². The third-order valence-corrected chi connectivity index (χ3v) is 4.59. The number of aldehydes is 1. The maximum atomic E-state index is 11.9. The first-order valence-electron chi connectivity index (χ1n) is 8.89. The third kappa shape index (κ3) is 6.10. The summed E-state index contributed by atoms with van der Waals surface area (Å²) in [7, 11) is 0. The number of hydrogen-bond donors (Lipinski definition) is 10. The predicted octanol–water partition coefficient (Wildman–Crippen LogP) is -4.86. The third-order valence-electron chi connectivity index (χ3n) is 4.59. The number of nitrogens with one attached hydrogen (secondary N) is 1. The topological polar surface area (TPSA) is 240 Å². The van der Waals surface area contributed by atoms with Crippen molar-refractivity contribution in [2.75, 3.05) is 39.6 Å². The second-order valence-corrected chi connectivity index (χ2v) is 6.04. The van der Waals surface area contributed by atoms with Gasteiger partial charge in [0.25, 0.3) is 0 Å². The SMILES string of the molecule is CCOC(C(O)CO)C(C(O)CO)(C(O)CO)C(C=O)(NO)C(O)CO.CC[O]. The van der Waals surface area contributed by atoms with E-state index in [1.165, 1.54) is 12.4 Å². The molecule has 10 N–H and O–H groups in total. The molecule has 6 atom stereocenters. The van der Waals surface area contributed by atoms with Crippen molar-refractivity contribution in [1.29, 1.82) is 0 Å². The Morgan fingerprint density at radius 2 is 1.31 bits per heavy atom. The van der Waals surface area contributed by atoms with Gasteiger partial charge in [0.2, 0.25) is 0 Å². The molecule has 0 bridgehead atoms. The summed E-state index contributed by atoms with van der Waals surface area (Å²) < 4.78 is 5.26. The summed E-state index contributed by atoms with van der Waals surface area (Å²) >= 11 is 0. The van der Waals surface area contributed by atoms with E-state index in [1.807, 2.05) is 0 Å². The van der Waals surface area contributed by atoms with Crippen molar-refractivity contribution in [3.05, 3.63) is 0 Å². The van der Waals surface area contributed by atoms with Crippen LogP contribution in [0.4, 0.5) is 0 Å². The van der Waals surface area contributed by atoms with E-state index in [4.69, 9.17) is 9.84 Å². The van der Waals surface area contributed by atoms with Gasteiger partial charge in [-0.05, 0) is 13.8 Å². The van der Waals surface area contributed by atoms with Crippen molar-refractivity contribution in [3.8, 4) is 0 Å². The summed E-state index contributed by atoms with van der Waals surface area (Å²) in [6.07, 6.45) is -10.5. The van der Waals surface area contributed by atoms with Crippen molar-refractivity contribution in [1.82, 2.24) is 5.48 Å². The van der Waals surface area contributed by atoms with Crippen molar-refractivity contribution >= 4 is 6.29 Å². The number of aliphatic hydroxyl groups is 8. The standard InChI is InChI=1S/C14H29NO11.C2H5O/c1-2-26-12(8(21)3-16)14(10(23)5-18,11(24)6-19)13(7-20,15-25)9(22)4-17;1-2-3/h7-12,15-19,21-25H,2-6H2,1H3;2H2,1H3. The molecule has 1 radical (unpaired) electrons. The normalized spacial score (nSPS) is 20.8. The lowest BCUT2D eigenvalue weighted by molar-refractivity contribution is -0.264. The molecule has 0 aliphatic heterocycles. The van der Waals surface area contributed by atoms with Gasteiger partial charge in [-0.1, -0.05) is 0 Å². The van der Waals surface area contributed by atoms with Crippen molar-refractivity contribution in [2.45, 2.75) is 49.9 Å². The Kier molecular flexibility index (Phi) is 15.8. The molecule has 0 aromatic heterocycles. The van der Waals surface area contributed by atoms with Crippen LogP contribution in [-0.4, -0.2) is 128 Å². The lowest BCUT2D eigenvalue weighted by Crippen LogP contribution is -2.79. The Bertz CT molecular complexity index is 419. The average Bonchev–Trinajstić information content (AvgIpc) is 2.74. The van der Waals surface area contributed by atoms with E-state index in [0.29, 0.717) is 0 Å². The highest BCUT2D eigenvalue weighted by atomic mass is 16.5. The molecule has 0 saturated heterocycles. The Morgan fingerprint density at radius 1 is 0.897 bits per heavy atom. The summed E-state index contributed by atoms with van der Waals surface area (Å²) in [5, 5.41) is 97.4. The van der Waals surface area contributed by atoms with E-state index >= 15 is 0 Å². The van der Waals surface area contributed by atoms with E-state index in [1.54, 1.807) is 6.92 Å². The van der Waals surface area contributed by atoms with Crippen LogP contribution in [0.3, 0.4) is 0 Å². The fourth-order valence-corrected chi connectivity index (χ4v) is 3.34. The summed E-state index contributed by atoms with van der Waals surface area (Å²) in [6, 6.07) is 0. The molecule has 0 aliphatic carbocycles. The fraction of sp³-hybridized carbons (Fsp3) is 0.938. The summed E-state index contributed by atoms with van der Waals surface area (Å²) in [5.74, 6) is 0. The second-order valence-electron chi connectivity index (χ2n) is 6.04. The Morgan fingerprint density at radius 3 is 1.55 bits per heavy atom. The molecule has 0 aliphatic rings. The smallest absolute Gasteiger partial charge is 0.145 e. The Balaban J connectivity index is 0. The molecule has 6 unspecified atom stereocenters. The zero-order chi connectivity index (χ0) is 23.3. The van der Waals surface area contributed by atoms with Crippen molar-refractivity contribution in [2.24, 2.45) is 5.41 Å². The number of ether oxygens (including phenoxy) is 1. The van der Waals surface area contributed by atoms with Crippen LogP contribution in [0, 0.1) is 5.41 Å². The Hall–Kier alpha value is -0.810. The molecule has 0 spiro atoms. The van der Waals surface area contributed by atoms with Crippen molar-refractivity contribution < 1.29 is 60.7 Å². The van der Waals surface area contributed by atoms with E-state index < -0.39 is 67.9 Å². The van der Waals surface area contributed by atoms with Gasteiger partial charge in [0.05, 0.1) is 56.8 Å². The largest absolute Gasteiger partial charge is 0.394 e. The van der Waals surface area contributed by atoms with Gasteiger partial charge in [0, 0.05) is 6.61 Å². The summed E-state index contributed by atoms with van der Waals surface area (Å²) in [5.41, 5.74) is -4.13. The Labute approximate surface area is 168 Å². The minimum absolute atomic E-state index is 0. The van der Waals surface area contributed by atoms with Gasteiger partial charge in [-0.3, -0.25) is 0 Å². The van der Waals surface area contributed by atoms with Crippen LogP contribution in [-0.2, 0) is 14.6 Å². The number of rotatable bonds is 14. The van der Waals surface area contributed by atoms with Crippen LogP contribution in [0.2, 0.25) is 0 Å². The number of carbonyl (C=O) groups is 1. The average molecular weight is 432 g/mol. The first-order valence-corrected chi connectivity index (χ1v) is 8.89. The number of aliphatic hydroxyl groups excluding tert-OH is 8. The van der Waals surface area contributed by atoms with E-state index in [9.17, 15) is 50.9 Å². The van der Waals surface area contributed by atoms with Gasteiger partial charge in [0.15, 0.2) is 0 Å². The monoisotopic (exact) mass is 432 g/mol. The summed E-state index contributed by atoms with van der Waals surface area (Å²) in [4.78, 5) is 11.9. The van der Waals surface area contributed by atoms with Crippen molar-refractivity contribution in [3.63, 3.8) is 0 Å². The molecular formula is C16H34NO12. The van der Waals surface area contributed by atoms with Crippen LogP contribution >= 0.6 is 0 Å². The van der Waals surface area contributed by atoms with E-state index in [0.717, 1.165) is 0 Å². The van der Waals surface area contributed by atoms with Crippen LogP contribution < -0.4 is 5.48 Å². The number of hydroxylamine groups is 1. The minimum Gasteiger partial charge on any atom is -0.394 e. The predicted molar refractivity (Wildman–Crippen MR) is 95.2 cm³/mol. The maximum Gasteiger partial charge on any atom is 0.145 e. The second kappa shape index (κ2) is 15.1. The zero-order valence-corrected chi connectivity index (χ0v) is 16.5. The van der Waals surface area contributed by atoms with Gasteiger partial charge in [-0.15, -0.1) is 0 Å². The van der Waals surface area contributed by atoms with Crippen LogP contribution in [0.15, 0.2) is 0 Å². The molecule has 175 valence electrons. The molecule has 29 heavy (non-hydrogen) atoms. The molecule has 0 saturated carbocycles. The zero-order valence-electron chi connectivity index (χ0n) is 16.5. The van der Waals surface area contributed by atoms with Gasteiger partial charge < -0.3 is 55.6 Å². The lowest BCUT2D eigenvalue weighted by atomic mass is 9.56. The molecule has 0 amide bonds. The molecule has 0 aromatic rings. The van der Waals surface area contributed by atoms with Crippen LogP contribution in [0.25, 0.3) is 0 Å². The molecule has 0 fully saturated rings. The highest BCUT2D eigenvalue weighted by Crippen LogP contribution is 2.45. The maximum absolute atomic E-state index is 11.9. The first-order chi connectivity index (χ1) is 13.7.